The maximum atomic E-state index is 15.1. The molecule has 1 saturated heterocycles. The van der Waals surface area contributed by atoms with Crippen LogP contribution in [0, 0.1) is 11.7 Å². The molecule has 39 heavy (non-hydrogen) atoms. The number of piperidine rings is 1. The molecule has 3 atom stereocenters. The lowest BCUT2D eigenvalue weighted by atomic mass is 10.0. The van der Waals surface area contributed by atoms with Gasteiger partial charge in [-0.25, -0.2) is 4.39 Å². The number of esters is 1. The molecule has 6 nitrogen and oxygen atoms in total. The molecule has 0 radical (unpaired) electrons. The second-order valence-corrected chi connectivity index (χ2v) is 11.6. The second kappa shape index (κ2) is 11.1. The molecule has 3 aromatic rings. The van der Waals surface area contributed by atoms with Crippen molar-refractivity contribution in [1.29, 1.82) is 0 Å². The predicted molar refractivity (Wildman–Crippen MR) is 150 cm³/mol. The topological polar surface area (TPSA) is 56.6 Å². The summed E-state index contributed by atoms with van der Waals surface area (Å²) in [4.78, 5) is 13.8. The van der Waals surface area contributed by atoms with E-state index in [-0.39, 0.29) is 30.4 Å². The summed E-state index contributed by atoms with van der Waals surface area (Å²) < 4.78 is 28.7. The third-order valence-electron chi connectivity index (χ3n) is 8.18. The highest BCUT2D eigenvalue weighted by molar-refractivity contribution is 6.39. The number of aromatic nitrogens is 2. The Balaban J connectivity index is 1.11. The van der Waals surface area contributed by atoms with E-state index in [1.165, 1.54) is 0 Å². The van der Waals surface area contributed by atoms with E-state index in [2.05, 4.69) is 14.7 Å². The van der Waals surface area contributed by atoms with Gasteiger partial charge in [0.2, 0.25) is 0 Å². The number of hydrogen-bond donors (Lipinski definition) is 0. The van der Waals surface area contributed by atoms with Crippen LogP contribution < -0.4 is 4.90 Å². The number of carbonyl (C=O) groups is 1. The number of hydrogen-bond acceptors (Lipinski definition) is 5. The van der Waals surface area contributed by atoms with Crippen molar-refractivity contribution >= 4 is 34.9 Å². The summed E-state index contributed by atoms with van der Waals surface area (Å²) in [5, 5.41) is 5.88. The summed E-state index contributed by atoms with van der Waals surface area (Å²) in [6, 6.07) is 11.5. The second-order valence-electron chi connectivity index (χ2n) is 10.8. The highest BCUT2D eigenvalue weighted by Crippen LogP contribution is 2.45. The van der Waals surface area contributed by atoms with Crippen LogP contribution in [0.3, 0.4) is 0 Å². The van der Waals surface area contributed by atoms with Gasteiger partial charge in [-0.2, -0.15) is 5.10 Å². The number of carbonyl (C=O) groups excluding carboxylic acids is 1. The van der Waals surface area contributed by atoms with Crippen molar-refractivity contribution in [3.8, 4) is 11.1 Å². The van der Waals surface area contributed by atoms with Crippen molar-refractivity contribution in [2.24, 2.45) is 5.92 Å². The monoisotopic (exact) mass is 571 g/mol. The van der Waals surface area contributed by atoms with E-state index in [0.717, 1.165) is 54.6 Å². The zero-order valence-electron chi connectivity index (χ0n) is 21.9. The molecule has 2 aromatic carbocycles. The van der Waals surface area contributed by atoms with Crippen LogP contribution in [-0.4, -0.2) is 41.0 Å². The predicted octanol–water partition coefficient (Wildman–Crippen LogP) is 7.01. The first-order chi connectivity index (χ1) is 18.9. The maximum Gasteiger partial charge on any atom is 0.306 e. The van der Waals surface area contributed by atoms with E-state index < -0.39 is 0 Å². The number of halogens is 3. The lowest BCUT2D eigenvalue weighted by Gasteiger charge is -2.33. The molecule has 2 saturated carbocycles. The zero-order chi connectivity index (χ0) is 27.1. The van der Waals surface area contributed by atoms with Gasteiger partial charge in [-0.15, -0.1) is 0 Å². The number of aryl methyl sites for hydroxylation is 1. The number of ether oxygens (including phenoxy) is 2. The Labute approximate surface area is 238 Å². The number of nitrogens with zero attached hydrogens (tertiary/aromatic N) is 3. The average Bonchev–Trinajstić information content (AvgIpc) is 3.37. The van der Waals surface area contributed by atoms with Gasteiger partial charge in [0.1, 0.15) is 5.82 Å². The molecule has 0 spiro atoms. The van der Waals surface area contributed by atoms with Crippen LogP contribution in [0.15, 0.2) is 42.6 Å². The SMILES string of the molecule is CCOC(=O)CCc1ccc(N2C[C@@H]3C[C@H]2C[C@H]3OCc2c(-c3c(Cl)cccc3Cl)cnn2C2CC2)c(F)c1. The Morgan fingerprint density at radius 2 is 1.92 bits per heavy atom. The molecular formula is C30H32Cl2FN3O3. The summed E-state index contributed by atoms with van der Waals surface area (Å²) in [5.41, 5.74) is 4.16. The minimum atomic E-state index is -0.257. The van der Waals surface area contributed by atoms with Crippen molar-refractivity contribution in [3.05, 3.63) is 69.7 Å². The first-order valence-electron chi connectivity index (χ1n) is 13.8. The van der Waals surface area contributed by atoms with Gasteiger partial charge in [-0.05, 0) is 68.9 Å². The van der Waals surface area contributed by atoms with Gasteiger partial charge in [0.15, 0.2) is 0 Å². The fraction of sp³-hybridized carbons (Fsp3) is 0.467. The molecule has 6 rings (SSSR count). The van der Waals surface area contributed by atoms with Crippen LogP contribution >= 0.6 is 23.2 Å². The standard InChI is InChI=1S/C30H32Cl2FN3O3/c1-2-38-29(37)11-7-18-6-10-26(25(33)12-18)35-16-19-13-21(35)14-28(19)39-17-27-22(15-34-36(27)20-8-9-20)30-23(31)4-3-5-24(30)32/h3-6,10,12,15,19-21,28H,2,7-9,11,13-14,16-17H2,1H3/t19-,21-,28+/m0/s1. The van der Waals surface area contributed by atoms with Crippen LogP contribution in [0.25, 0.3) is 11.1 Å². The Morgan fingerprint density at radius 1 is 1.13 bits per heavy atom. The van der Waals surface area contributed by atoms with Gasteiger partial charge in [-0.1, -0.05) is 35.3 Å². The number of anilines is 1. The highest BCUT2D eigenvalue weighted by Gasteiger charge is 2.46. The summed E-state index contributed by atoms with van der Waals surface area (Å²) >= 11 is 13.1. The van der Waals surface area contributed by atoms with Crippen LogP contribution in [0.4, 0.5) is 10.1 Å². The molecule has 1 aliphatic heterocycles. The van der Waals surface area contributed by atoms with Crippen molar-refractivity contribution in [1.82, 2.24) is 9.78 Å². The van der Waals surface area contributed by atoms with E-state index in [0.29, 0.717) is 47.3 Å². The highest BCUT2D eigenvalue weighted by atomic mass is 35.5. The fourth-order valence-corrected chi connectivity index (χ4v) is 6.74. The van der Waals surface area contributed by atoms with Crippen LogP contribution in [0.2, 0.25) is 10.0 Å². The summed E-state index contributed by atoms with van der Waals surface area (Å²) in [6.45, 7) is 3.34. The number of fused-ring (bicyclic) bond motifs is 2. The van der Waals surface area contributed by atoms with Gasteiger partial charge >= 0.3 is 5.97 Å². The molecule has 1 aromatic heterocycles. The van der Waals surface area contributed by atoms with Gasteiger partial charge < -0.3 is 14.4 Å². The Morgan fingerprint density at radius 3 is 2.59 bits per heavy atom. The molecule has 0 amide bonds. The smallest absolute Gasteiger partial charge is 0.306 e. The van der Waals surface area contributed by atoms with E-state index in [9.17, 15) is 4.79 Å². The lowest BCUT2D eigenvalue weighted by molar-refractivity contribution is -0.143. The molecule has 0 N–H and O–H groups in total. The first kappa shape index (κ1) is 26.6. The van der Waals surface area contributed by atoms with Crippen LogP contribution in [-0.2, 0) is 27.3 Å². The largest absolute Gasteiger partial charge is 0.466 e. The van der Waals surface area contributed by atoms with Gasteiger partial charge in [0.05, 0.1) is 53.0 Å². The lowest BCUT2D eigenvalue weighted by Crippen LogP contribution is -2.39. The summed E-state index contributed by atoms with van der Waals surface area (Å²) in [5.74, 6) is -0.161. The minimum absolute atomic E-state index is 0.107. The zero-order valence-corrected chi connectivity index (χ0v) is 23.4. The Bertz CT molecular complexity index is 1360. The first-order valence-corrected chi connectivity index (χ1v) is 14.5. The summed E-state index contributed by atoms with van der Waals surface area (Å²) in [6.07, 6.45) is 6.75. The molecule has 206 valence electrons. The van der Waals surface area contributed by atoms with E-state index >= 15 is 4.39 Å². The molecule has 2 aliphatic carbocycles. The van der Waals surface area contributed by atoms with Crippen LogP contribution in [0.1, 0.15) is 56.3 Å². The number of rotatable bonds is 10. The summed E-state index contributed by atoms with van der Waals surface area (Å²) in [7, 11) is 0. The molecule has 2 bridgehead atoms. The molecule has 3 aliphatic rings. The molecular weight excluding hydrogens is 540 g/mol. The molecule has 2 heterocycles. The fourth-order valence-electron chi connectivity index (χ4n) is 6.14. The van der Waals surface area contributed by atoms with Gasteiger partial charge in [0.25, 0.3) is 0 Å². The van der Waals surface area contributed by atoms with E-state index in [1.807, 2.05) is 36.5 Å². The average molecular weight is 573 g/mol. The molecule has 9 heteroatoms. The Hall–Kier alpha value is -2.61. The quantitative estimate of drug-likeness (QED) is 0.245. The number of benzene rings is 2. The third kappa shape index (κ3) is 5.41. The molecule has 0 unspecified atom stereocenters. The minimum Gasteiger partial charge on any atom is -0.466 e. The molecule has 3 fully saturated rings. The van der Waals surface area contributed by atoms with E-state index in [4.69, 9.17) is 32.7 Å². The maximum absolute atomic E-state index is 15.1. The normalized spacial score (nSPS) is 22.1. The van der Waals surface area contributed by atoms with Gasteiger partial charge in [-0.3, -0.25) is 9.48 Å². The van der Waals surface area contributed by atoms with Crippen molar-refractivity contribution in [3.63, 3.8) is 0 Å². The van der Waals surface area contributed by atoms with Crippen molar-refractivity contribution in [2.75, 3.05) is 18.1 Å². The van der Waals surface area contributed by atoms with Gasteiger partial charge in [0, 0.05) is 36.1 Å². The van der Waals surface area contributed by atoms with Crippen molar-refractivity contribution in [2.45, 2.75) is 70.2 Å². The van der Waals surface area contributed by atoms with E-state index in [1.54, 1.807) is 13.0 Å². The Kier molecular flexibility index (Phi) is 7.58. The third-order valence-corrected chi connectivity index (χ3v) is 8.81. The van der Waals surface area contributed by atoms with Crippen LogP contribution in [0.5, 0.6) is 0 Å². The van der Waals surface area contributed by atoms with Crippen molar-refractivity contribution < 1.29 is 18.7 Å².